The van der Waals surface area contributed by atoms with Crippen LogP contribution in [0.15, 0.2) is 71.7 Å². The number of rotatable bonds is 4. The molecule has 0 aliphatic carbocycles. The third kappa shape index (κ3) is 3.74. The lowest BCUT2D eigenvalue weighted by Crippen LogP contribution is -2.30. The molecule has 2 aromatic carbocycles. The van der Waals surface area contributed by atoms with E-state index in [0.717, 1.165) is 15.8 Å². The molecule has 0 unspecified atom stereocenters. The second kappa shape index (κ2) is 7.00. The predicted octanol–water partition coefficient (Wildman–Crippen LogP) is 3.04. The molecule has 0 aliphatic rings. The zero-order chi connectivity index (χ0) is 17.8. The number of aromatic nitrogens is 1. The minimum atomic E-state index is -0.542. The lowest BCUT2D eigenvalue weighted by molar-refractivity contribution is 0.0962. The van der Waals surface area contributed by atoms with Crippen LogP contribution in [-0.4, -0.2) is 10.5 Å². The number of halogens is 1. The van der Waals surface area contributed by atoms with E-state index in [2.05, 4.69) is 10.9 Å². The van der Waals surface area contributed by atoms with Crippen molar-refractivity contribution >= 4 is 11.6 Å². The maximum Gasteiger partial charge on any atom is 0.271 e. The van der Waals surface area contributed by atoms with Gasteiger partial charge in [0.2, 0.25) is 0 Å². The van der Waals surface area contributed by atoms with Gasteiger partial charge in [-0.15, -0.1) is 0 Å². The average Bonchev–Trinajstić information content (AvgIpc) is 2.61. The summed E-state index contributed by atoms with van der Waals surface area (Å²) in [5.41, 5.74) is 7.04. The molecule has 0 radical (unpaired) electrons. The molecule has 0 saturated carbocycles. The Hall–Kier alpha value is -3.41. The van der Waals surface area contributed by atoms with Gasteiger partial charge >= 0.3 is 0 Å². The number of hydrogen-bond donors (Lipinski definition) is 2. The fraction of sp³-hybridized carbons (Fsp3) is 0.0526. The topological polar surface area (TPSA) is 63.1 Å². The zero-order valence-corrected chi connectivity index (χ0v) is 13.5. The largest absolute Gasteiger partial charge is 0.298 e. The Kier molecular flexibility index (Phi) is 4.61. The van der Waals surface area contributed by atoms with Gasteiger partial charge < -0.3 is 0 Å². The molecule has 3 rings (SSSR count). The highest BCUT2D eigenvalue weighted by atomic mass is 19.1. The van der Waals surface area contributed by atoms with Crippen LogP contribution < -0.4 is 16.4 Å². The van der Waals surface area contributed by atoms with E-state index >= 15 is 0 Å². The number of para-hydroxylation sites is 1. The second-order valence-electron chi connectivity index (χ2n) is 5.53. The first-order chi connectivity index (χ1) is 12.0. The van der Waals surface area contributed by atoms with Gasteiger partial charge in [-0.05, 0) is 42.8 Å². The van der Waals surface area contributed by atoms with E-state index < -0.39 is 17.3 Å². The van der Waals surface area contributed by atoms with Gasteiger partial charge in [0.05, 0.1) is 16.9 Å². The van der Waals surface area contributed by atoms with E-state index in [-0.39, 0.29) is 11.3 Å². The molecule has 3 aromatic rings. The molecule has 0 aliphatic heterocycles. The molecule has 0 fully saturated rings. The van der Waals surface area contributed by atoms with Crippen LogP contribution in [-0.2, 0) is 0 Å². The van der Waals surface area contributed by atoms with Crippen LogP contribution in [0.25, 0.3) is 5.69 Å². The van der Waals surface area contributed by atoms with Crippen LogP contribution in [0.1, 0.15) is 15.9 Å². The van der Waals surface area contributed by atoms with Crippen molar-refractivity contribution in [3.63, 3.8) is 0 Å². The van der Waals surface area contributed by atoms with Crippen LogP contribution in [0.4, 0.5) is 10.1 Å². The van der Waals surface area contributed by atoms with Gasteiger partial charge in [-0.3, -0.25) is 25.0 Å². The number of pyridine rings is 1. The molecule has 0 spiro atoms. The van der Waals surface area contributed by atoms with Crippen LogP contribution in [0.5, 0.6) is 0 Å². The third-order valence-corrected chi connectivity index (χ3v) is 3.62. The number of hydrogen-bond acceptors (Lipinski definition) is 3. The Morgan fingerprint density at radius 3 is 2.60 bits per heavy atom. The number of carbonyl (C=O) groups is 1. The maximum atomic E-state index is 13.9. The summed E-state index contributed by atoms with van der Waals surface area (Å²) in [5, 5.41) is 0. The zero-order valence-electron chi connectivity index (χ0n) is 13.5. The van der Waals surface area contributed by atoms with Gasteiger partial charge in [-0.1, -0.05) is 24.3 Å². The van der Waals surface area contributed by atoms with Gasteiger partial charge in [-0.2, -0.15) is 0 Å². The SMILES string of the molecule is Cc1cccc(NNC(=O)c2ccc(=O)n(-c3ccccc3F)c2)c1. The van der Waals surface area contributed by atoms with Crippen LogP contribution in [0, 0.1) is 12.7 Å². The molecule has 1 amide bonds. The monoisotopic (exact) mass is 337 g/mol. The summed E-state index contributed by atoms with van der Waals surface area (Å²) < 4.78 is 15.0. The fourth-order valence-corrected chi connectivity index (χ4v) is 2.38. The Morgan fingerprint density at radius 1 is 1.04 bits per heavy atom. The molecule has 1 aromatic heterocycles. The van der Waals surface area contributed by atoms with Gasteiger partial charge in [-0.25, -0.2) is 4.39 Å². The molecule has 0 atom stereocenters. The highest BCUT2D eigenvalue weighted by Crippen LogP contribution is 2.12. The lowest BCUT2D eigenvalue weighted by atomic mass is 10.2. The maximum absolute atomic E-state index is 13.9. The van der Waals surface area contributed by atoms with E-state index in [4.69, 9.17) is 0 Å². The molecule has 126 valence electrons. The Balaban J connectivity index is 1.83. The second-order valence-corrected chi connectivity index (χ2v) is 5.53. The van der Waals surface area contributed by atoms with Crippen molar-refractivity contribution in [2.24, 2.45) is 0 Å². The smallest absolute Gasteiger partial charge is 0.271 e. The van der Waals surface area contributed by atoms with Gasteiger partial charge in [0, 0.05) is 12.3 Å². The van der Waals surface area contributed by atoms with Crippen molar-refractivity contribution in [1.82, 2.24) is 9.99 Å². The summed E-state index contributed by atoms with van der Waals surface area (Å²) in [4.78, 5) is 24.3. The van der Waals surface area contributed by atoms with Gasteiger partial charge in [0.15, 0.2) is 0 Å². The van der Waals surface area contributed by atoms with Crippen molar-refractivity contribution < 1.29 is 9.18 Å². The van der Waals surface area contributed by atoms with E-state index in [1.165, 1.54) is 36.5 Å². The number of nitrogens with one attached hydrogen (secondary N) is 2. The number of hydrazine groups is 1. The highest BCUT2D eigenvalue weighted by Gasteiger charge is 2.10. The van der Waals surface area contributed by atoms with E-state index in [1.807, 2.05) is 31.2 Å². The molecule has 1 heterocycles. The molecule has 6 heteroatoms. The minimum absolute atomic E-state index is 0.0915. The number of carbonyl (C=O) groups excluding carboxylic acids is 1. The number of anilines is 1. The first-order valence-corrected chi connectivity index (χ1v) is 7.65. The minimum Gasteiger partial charge on any atom is -0.298 e. The van der Waals surface area contributed by atoms with Crippen molar-refractivity contribution in [2.45, 2.75) is 6.92 Å². The van der Waals surface area contributed by atoms with Gasteiger partial charge in [0.25, 0.3) is 11.5 Å². The predicted molar refractivity (Wildman–Crippen MR) is 94.3 cm³/mol. The van der Waals surface area contributed by atoms with Crippen molar-refractivity contribution in [3.05, 3.63) is 94.2 Å². The Morgan fingerprint density at radius 2 is 1.84 bits per heavy atom. The molecular weight excluding hydrogens is 321 g/mol. The van der Waals surface area contributed by atoms with Crippen molar-refractivity contribution in [1.29, 1.82) is 0 Å². The highest BCUT2D eigenvalue weighted by molar-refractivity contribution is 5.94. The number of benzene rings is 2. The Labute approximate surface area is 143 Å². The number of aryl methyl sites for hydroxylation is 1. The summed E-state index contributed by atoms with van der Waals surface area (Å²) in [5.74, 6) is -0.980. The molecule has 2 N–H and O–H groups in total. The molecule has 5 nitrogen and oxygen atoms in total. The van der Waals surface area contributed by atoms with Crippen LogP contribution in [0.3, 0.4) is 0 Å². The van der Waals surface area contributed by atoms with Crippen LogP contribution >= 0.6 is 0 Å². The molecule has 25 heavy (non-hydrogen) atoms. The van der Waals surface area contributed by atoms with Crippen molar-refractivity contribution in [2.75, 3.05) is 5.43 Å². The number of nitrogens with zero attached hydrogens (tertiary/aromatic N) is 1. The Bertz CT molecular complexity index is 982. The fourth-order valence-electron chi connectivity index (χ4n) is 2.38. The van der Waals surface area contributed by atoms with E-state index in [9.17, 15) is 14.0 Å². The molecule has 0 saturated heterocycles. The number of amides is 1. The normalized spacial score (nSPS) is 10.3. The first-order valence-electron chi connectivity index (χ1n) is 7.65. The summed E-state index contributed by atoms with van der Waals surface area (Å²) in [6.45, 7) is 1.94. The first kappa shape index (κ1) is 16.4. The summed E-state index contributed by atoms with van der Waals surface area (Å²) in [7, 11) is 0. The van der Waals surface area contributed by atoms with E-state index in [0.29, 0.717) is 0 Å². The van der Waals surface area contributed by atoms with Crippen molar-refractivity contribution in [3.8, 4) is 5.69 Å². The van der Waals surface area contributed by atoms with Crippen LogP contribution in [0.2, 0.25) is 0 Å². The van der Waals surface area contributed by atoms with E-state index in [1.54, 1.807) is 6.07 Å². The summed E-state index contributed by atoms with van der Waals surface area (Å²) >= 11 is 0. The summed E-state index contributed by atoms with van der Waals surface area (Å²) in [6.07, 6.45) is 1.31. The summed E-state index contributed by atoms with van der Waals surface area (Å²) in [6, 6.07) is 16.0. The third-order valence-electron chi connectivity index (χ3n) is 3.62. The lowest BCUT2D eigenvalue weighted by Gasteiger charge is -2.11. The quantitative estimate of drug-likeness (QED) is 0.719. The standard InChI is InChI=1S/C19H16FN3O2/c1-13-5-4-6-15(11-13)21-22-19(25)14-9-10-18(24)23(12-14)17-8-3-2-7-16(17)20/h2-12,21H,1H3,(H,22,25). The molecular formula is C19H16FN3O2. The molecule has 0 bridgehead atoms. The average molecular weight is 337 g/mol. The van der Waals surface area contributed by atoms with Gasteiger partial charge in [0.1, 0.15) is 5.82 Å².